The number of ether oxygens (including phenoxy) is 1. The Balaban J connectivity index is 2.18. The van der Waals surface area contributed by atoms with E-state index in [2.05, 4.69) is 34.5 Å². The van der Waals surface area contributed by atoms with Gasteiger partial charge in [0.15, 0.2) is 0 Å². The largest absolute Gasteiger partial charge is 0.380 e. The highest BCUT2D eigenvalue weighted by atomic mass is 16.5. The lowest BCUT2D eigenvalue weighted by atomic mass is 10.4. The van der Waals surface area contributed by atoms with Crippen LogP contribution in [-0.4, -0.2) is 59.8 Å². The fourth-order valence-corrected chi connectivity index (χ4v) is 1.67. The van der Waals surface area contributed by atoms with Crippen molar-refractivity contribution < 1.29 is 4.74 Å². The SMILES string of the molecule is CCCNCc1cn(CCN(C)CCOCC)nn1. The number of hydrogen-bond donors (Lipinski definition) is 1. The van der Waals surface area contributed by atoms with E-state index in [9.17, 15) is 0 Å². The topological polar surface area (TPSA) is 55.2 Å². The molecule has 0 aliphatic rings. The molecule has 110 valence electrons. The van der Waals surface area contributed by atoms with E-state index in [0.717, 1.165) is 58.1 Å². The molecule has 0 saturated heterocycles. The first-order valence-electron chi connectivity index (χ1n) is 7.12. The van der Waals surface area contributed by atoms with Crippen molar-refractivity contribution in [3.05, 3.63) is 11.9 Å². The van der Waals surface area contributed by atoms with Crippen LogP contribution in [0.4, 0.5) is 0 Å². The molecule has 1 aromatic heterocycles. The Morgan fingerprint density at radius 1 is 1.37 bits per heavy atom. The Kier molecular flexibility index (Phi) is 8.36. The molecule has 1 N–H and O–H groups in total. The minimum Gasteiger partial charge on any atom is -0.380 e. The maximum Gasteiger partial charge on any atom is 0.0964 e. The third kappa shape index (κ3) is 7.25. The molecular formula is C13H27N5O. The zero-order valence-electron chi connectivity index (χ0n) is 12.4. The van der Waals surface area contributed by atoms with E-state index in [1.165, 1.54) is 0 Å². The average Bonchev–Trinajstić information content (AvgIpc) is 2.85. The highest BCUT2D eigenvalue weighted by Gasteiger charge is 2.02. The standard InChI is InChI=1S/C13H27N5O/c1-4-6-14-11-13-12-18(16-15-13)8-7-17(3)9-10-19-5-2/h12,14H,4-11H2,1-3H3. The van der Waals surface area contributed by atoms with Crippen LogP contribution in [0.1, 0.15) is 26.0 Å². The summed E-state index contributed by atoms with van der Waals surface area (Å²) in [6, 6.07) is 0. The van der Waals surface area contributed by atoms with Crippen LogP contribution in [0, 0.1) is 0 Å². The Hall–Kier alpha value is -0.980. The maximum atomic E-state index is 5.33. The van der Waals surface area contributed by atoms with Gasteiger partial charge in [-0.1, -0.05) is 12.1 Å². The van der Waals surface area contributed by atoms with Crippen LogP contribution in [0.25, 0.3) is 0 Å². The fraction of sp³-hybridized carbons (Fsp3) is 0.846. The van der Waals surface area contributed by atoms with E-state index in [1.807, 2.05) is 17.8 Å². The molecular weight excluding hydrogens is 242 g/mol. The van der Waals surface area contributed by atoms with E-state index in [0.29, 0.717) is 0 Å². The normalized spacial score (nSPS) is 11.4. The van der Waals surface area contributed by atoms with E-state index in [4.69, 9.17) is 4.74 Å². The zero-order chi connectivity index (χ0) is 13.9. The summed E-state index contributed by atoms with van der Waals surface area (Å²) < 4.78 is 7.23. The van der Waals surface area contributed by atoms with Crippen LogP contribution >= 0.6 is 0 Å². The van der Waals surface area contributed by atoms with Crippen LogP contribution in [0.2, 0.25) is 0 Å². The quantitative estimate of drug-likeness (QED) is 0.601. The molecule has 6 heteroatoms. The minimum atomic E-state index is 0.783. The average molecular weight is 269 g/mol. The van der Waals surface area contributed by atoms with Crippen molar-refractivity contribution in [1.29, 1.82) is 0 Å². The molecule has 1 rings (SSSR count). The minimum absolute atomic E-state index is 0.783. The molecule has 0 aliphatic heterocycles. The van der Waals surface area contributed by atoms with Crippen molar-refractivity contribution in [3.8, 4) is 0 Å². The van der Waals surface area contributed by atoms with Gasteiger partial charge in [0.2, 0.25) is 0 Å². The Bertz CT molecular complexity index is 329. The number of hydrogen-bond acceptors (Lipinski definition) is 5. The zero-order valence-corrected chi connectivity index (χ0v) is 12.4. The molecule has 0 amide bonds. The highest BCUT2D eigenvalue weighted by molar-refractivity contribution is 4.91. The van der Waals surface area contributed by atoms with Crippen molar-refractivity contribution in [2.45, 2.75) is 33.4 Å². The Morgan fingerprint density at radius 3 is 2.95 bits per heavy atom. The summed E-state index contributed by atoms with van der Waals surface area (Å²) >= 11 is 0. The summed E-state index contributed by atoms with van der Waals surface area (Å²) in [7, 11) is 2.10. The molecule has 0 aliphatic carbocycles. The van der Waals surface area contributed by atoms with E-state index in [-0.39, 0.29) is 0 Å². The van der Waals surface area contributed by atoms with Gasteiger partial charge in [0.1, 0.15) is 0 Å². The molecule has 1 aromatic rings. The van der Waals surface area contributed by atoms with E-state index < -0.39 is 0 Å². The lowest BCUT2D eigenvalue weighted by Gasteiger charge is -2.15. The number of rotatable bonds is 11. The molecule has 0 atom stereocenters. The Morgan fingerprint density at radius 2 is 2.21 bits per heavy atom. The van der Waals surface area contributed by atoms with E-state index in [1.54, 1.807) is 0 Å². The Labute approximate surface area is 116 Å². The van der Waals surface area contributed by atoms with Crippen LogP contribution < -0.4 is 5.32 Å². The van der Waals surface area contributed by atoms with Gasteiger partial charge in [0.05, 0.1) is 18.8 Å². The third-order valence-corrected chi connectivity index (χ3v) is 2.85. The lowest BCUT2D eigenvalue weighted by molar-refractivity contribution is 0.120. The fourth-order valence-electron chi connectivity index (χ4n) is 1.67. The maximum absolute atomic E-state index is 5.33. The van der Waals surface area contributed by atoms with Gasteiger partial charge in [0, 0.05) is 32.4 Å². The molecule has 1 heterocycles. The van der Waals surface area contributed by atoms with Gasteiger partial charge in [0.25, 0.3) is 0 Å². The molecule has 0 spiro atoms. The van der Waals surface area contributed by atoms with Crippen LogP contribution in [-0.2, 0) is 17.8 Å². The van der Waals surface area contributed by atoms with Gasteiger partial charge in [-0.25, -0.2) is 0 Å². The number of likely N-dealkylation sites (N-methyl/N-ethyl adjacent to an activating group) is 1. The van der Waals surface area contributed by atoms with Crippen molar-refractivity contribution in [2.75, 3.05) is 39.9 Å². The van der Waals surface area contributed by atoms with Crippen molar-refractivity contribution >= 4 is 0 Å². The van der Waals surface area contributed by atoms with Crippen molar-refractivity contribution in [1.82, 2.24) is 25.2 Å². The monoisotopic (exact) mass is 269 g/mol. The van der Waals surface area contributed by atoms with Crippen LogP contribution in [0.5, 0.6) is 0 Å². The molecule has 6 nitrogen and oxygen atoms in total. The smallest absolute Gasteiger partial charge is 0.0964 e. The summed E-state index contributed by atoms with van der Waals surface area (Å²) in [5.41, 5.74) is 1.01. The second-order valence-electron chi connectivity index (χ2n) is 4.65. The van der Waals surface area contributed by atoms with Gasteiger partial charge >= 0.3 is 0 Å². The first-order chi connectivity index (χ1) is 9.26. The summed E-state index contributed by atoms with van der Waals surface area (Å²) in [4.78, 5) is 2.24. The second-order valence-corrected chi connectivity index (χ2v) is 4.65. The molecule has 0 saturated carbocycles. The first-order valence-corrected chi connectivity index (χ1v) is 7.12. The van der Waals surface area contributed by atoms with Crippen molar-refractivity contribution in [2.24, 2.45) is 0 Å². The van der Waals surface area contributed by atoms with Gasteiger partial charge in [-0.3, -0.25) is 4.68 Å². The number of aromatic nitrogens is 3. The number of nitrogens with one attached hydrogen (secondary N) is 1. The van der Waals surface area contributed by atoms with Gasteiger partial charge in [-0.05, 0) is 26.9 Å². The summed E-state index contributed by atoms with van der Waals surface area (Å²) in [5.74, 6) is 0. The van der Waals surface area contributed by atoms with Crippen LogP contribution in [0.15, 0.2) is 6.20 Å². The molecule has 0 unspecified atom stereocenters. The van der Waals surface area contributed by atoms with Gasteiger partial charge in [-0.2, -0.15) is 0 Å². The molecule has 0 aromatic carbocycles. The lowest BCUT2D eigenvalue weighted by Crippen LogP contribution is -2.27. The van der Waals surface area contributed by atoms with Gasteiger partial charge in [-0.15, -0.1) is 5.10 Å². The third-order valence-electron chi connectivity index (χ3n) is 2.85. The molecule has 19 heavy (non-hydrogen) atoms. The number of nitrogens with zero attached hydrogens (tertiary/aromatic N) is 4. The second kappa shape index (κ2) is 9.89. The molecule has 0 radical (unpaired) electrons. The summed E-state index contributed by atoms with van der Waals surface area (Å²) in [6.45, 7) is 10.3. The van der Waals surface area contributed by atoms with Crippen LogP contribution in [0.3, 0.4) is 0 Å². The van der Waals surface area contributed by atoms with E-state index >= 15 is 0 Å². The predicted octanol–water partition coefficient (Wildman–Crippen LogP) is 0.746. The summed E-state index contributed by atoms with van der Waals surface area (Å²) in [5, 5.41) is 11.6. The molecule has 0 bridgehead atoms. The molecule has 0 fully saturated rings. The first kappa shape index (κ1) is 16.1. The predicted molar refractivity (Wildman–Crippen MR) is 76.0 cm³/mol. The summed E-state index contributed by atoms with van der Waals surface area (Å²) in [6.07, 6.45) is 3.15. The van der Waals surface area contributed by atoms with Gasteiger partial charge < -0.3 is 15.0 Å². The highest BCUT2D eigenvalue weighted by Crippen LogP contribution is 1.94. The van der Waals surface area contributed by atoms with Crippen molar-refractivity contribution in [3.63, 3.8) is 0 Å².